The number of ether oxygens (including phenoxy) is 1. The van der Waals surface area contributed by atoms with Gasteiger partial charge in [0.25, 0.3) is 0 Å². The molecule has 1 fully saturated rings. The first-order valence-corrected chi connectivity index (χ1v) is 4.96. The van der Waals surface area contributed by atoms with Crippen LogP contribution in [0.3, 0.4) is 0 Å². The van der Waals surface area contributed by atoms with E-state index in [-0.39, 0.29) is 12.0 Å². The number of hydrogen-bond acceptors (Lipinski definition) is 4. The Hall–Kier alpha value is -1.28. The Balaban J connectivity index is 2.54. The molecule has 5 nitrogen and oxygen atoms in total. The van der Waals surface area contributed by atoms with Crippen molar-refractivity contribution in [2.45, 2.75) is 32.4 Å². The minimum absolute atomic E-state index is 0.262. The molecular formula is C10H17N3O2. The molecule has 0 unspecified atom stereocenters. The van der Waals surface area contributed by atoms with Crippen LogP contribution in [0.2, 0.25) is 0 Å². The van der Waals surface area contributed by atoms with Gasteiger partial charge in [-0.1, -0.05) is 0 Å². The Labute approximate surface area is 89.8 Å². The molecule has 0 saturated carbocycles. The Morgan fingerprint density at radius 1 is 1.53 bits per heavy atom. The Kier molecular flexibility index (Phi) is 3.20. The number of nitrogens with two attached hydrogens (primary N) is 1. The molecule has 2 atom stereocenters. The summed E-state index contributed by atoms with van der Waals surface area (Å²) in [6, 6.07) is 1.83. The van der Waals surface area contributed by atoms with Gasteiger partial charge >= 0.3 is 6.09 Å². The van der Waals surface area contributed by atoms with Crippen molar-refractivity contribution < 1.29 is 9.53 Å². The van der Waals surface area contributed by atoms with Crippen LogP contribution in [-0.4, -0.2) is 35.7 Å². The zero-order valence-electron chi connectivity index (χ0n) is 9.36. The van der Waals surface area contributed by atoms with Crippen LogP contribution in [0.15, 0.2) is 0 Å². The van der Waals surface area contributed by atoms with Crippen LogP contribution in [0.1, 0.15) is 20.8 Å². The van der Waals surface area contributed by atoms with E-state index in [1.165, 1.54) is 4.90 Å². The maximum absolute atomic E-state index is 11.6. The highest BCUT2D eigenvalue weighted by Crippen LogP contribution is 2.18. The number of hydrogen-bond donors (Lipinski definition) is 1. The highest BCUT2D eigenvalue weighted by Gasteiger charge is 2.35. The maximum atomic E-state index is 11.6. The van der Waals surface area contributed by atoms with Crippen molar-refractivity contribution in [3.63, 3.8) is 0 Å². The van der Waals surface area contributed by atoms with Gasteiger partial charge in [0.1, 0.15) is 5.60 Å². The first kappa shape index (κ1) is 11.8. The van der Waals surface area contributed by atoms with Gasteiger partial charge in [-0.2, -0.15) is 5.26 Å². The fraction of sp³-hybridized carbons (Fsp3) is 0.800. The van der Waals surface area contributed by atoms with Gasteiger partial charge in [0, 0.05) is 19.1 Å². The second-order valence-corrected chi connectivity index (χ2v) is 4.78. The van der Waals surface area contributed by atoms with Crippen molar-refractivity contribution in [1.29, 1.82) is 5.26 Å². The molecule has 0 radical (unpaired) electrons. The number of nitrogens with zero attached hydrogens (tertiary/aromatic N) is 2. The van der Waals surface area contributed by atoms with Crippen LogP contribution in [-0.2, 0) is 4.74 Å². The maximum Gasteiger partial charge on any atom is 0.410 e. The largest absolute Gasteiger partial charge is 0.444 e. The molecule has 0 spiro atoms. The summed E-state index contributed by atoms with van der Waals surface area (Å²) in [4.78, 5) is 13.1. The van der Waals surface area contributed by atoms with E-state index >= 15 is 0 Å². The van der Waals surface area contributed by atoms with Crippen LogP contribution in [0, 0.1) is 17.2 Å². The molecule has 0 aliphatic carbocycles. The summed E-state index contributed by atoms with van der Waals surface area (Å²) in [6.45, 7) is 6.19. The van der Waals surface area contributed by atoms with E-state index in [0.29, 0.717) is 13.1 Å². The lowest BCUT2D eigenvalue weighted by Crippen LogP contribution is -2.36. The van der Waals surface area contributed by atoms with Crippen LogP contribution in [0.5, 0.6) is 0 Å². The van der Waals surface area contributed by atoms with Crippen molar-refractivity contribution in [3.05, 3.63) is 0 Å². The summed E-state index contributed by atoms with van der Waals surface area (Å²) in [7, 11) is 0. The van der Waals surface area contributed by atoms with Crippen molar-refractivity contribution in [2.75, 3.05) is 13.1 Å². The second kappa shape index (κ2) is 4.07. The Morgan fingerprint density at radius 2 is 2.13 bits per heavy atom. The van der Waals surface area contributed by atoms with Gasteiger partial charge in [-0.3, -0.25) is 0 Å². The van der Waals surface area contributed by atoms with Crippen molar-refractivity contribution in [3.8, 4) is 6.07 Å². The molecular weight excluding hydrogens is 194 g/mol. The number of carbonyl (C=O) groups is 1. The third kappa shape index (κ3) is 3.10. The van der Waals surface area contributed by atoms with Gasteiger partial charge in [-0.05, 0) is 20.8 Å². The molecule has 1 amide bonds. The molecule has 1 aliphatic rings. The Morgan fingerprint density at radius 3 is 2.53 bits per heavy atom. The van der Waals surface area contributed by atoms with E-state index in [9.17, 15) is 4.79 Å². The first-order chi connectivity index (χ1) is 6.83. The number of amides is 1. The smallest absolute Gasteiger partial charge is 0.410 e. The molecule has 0 bridgehead atoms. The summed E-state index contributed by atoms with van der Waals surface area (Å²) in [5.74, 6) is -0.280. The Bertz CT molecular complexity index is 290. The number of carbonyl (C=O) groups excluding carboxylic acids is 1. The van der Waals surface area contributed by atoms with Gasteiger partial charge in [0.2, 0.25) is 0 Å². The number of likely N-dealkylation sites (tertiary alicyclic amines) is 1. The third-order valence-corrected chi connectivity index (χ3v) is 2.18. The molecule has 5 heteroatoms. The fourth-order valence-corrected chi connectivity index (χ4v) is 1.44. The van der Waals surface area contributed by atoms with E-state index in [2.05, 4.69) is 6.07 Å². The monoisotopic (exact) mass is 211 g/mol. The molecule has 84 valence electrons. The molecule has 15 heavy (non-hydrogen) atoms. The normalized spacial score (nSPS) is 26.2. The van der Waals surface area contributed by atoms with Gasteiger partial charge in [0.05, 0.1) is 12.0 Å². The average molecular weight is 211 g/mol. The van der Waals surface area contributed by atoms with E-state index in [1.807, 2.05) is 20.8 Å². The van der Waals surface area contributed by atoms with Crippen molar-refractivity contribution >= 4 is 6.09 Å². The lowest BCUT2D eigenvalue weighted by Gasteiger charge is -2.24. The topological polar surface area (TPSA) is 79.3 Å². The van der Waals surface area contributed by atoms with Gasteiger partial charge in [-0.25, -0.2) is 4.79 Å². The number of rotatable bonds is 0. The molecule has 1 heterocycles. The summed E-state index contributed by atoms with van der Waals surface area (Å²) < 4.78 is 5.18. The van der Waals surface area contributed by atoms with Crippen LogP contribution in [0.4, 0.5) is 4.79 Å². The third-order valence-electron chi connectivity index (χ3n) is 2.18. The van der Waals surface area contributed by atoms with E-state index in [1.54, 1.807) is 0 Å². The summed E-state index contributed by atoms with van der Waals surface area (Å²) >= 11 is 0. The zero-order valence-corrected chi connectivity index (χ0v) is 9.36. The highest BCUT2D eigenvalue weighted by atomic mass is 16.6. The van der Waals surface area contributed by atoms with Crippen LogP contribution < -0.4 is 5.73 Å². The van der Waals surface area contributed by atoms with E-state index < -0.39 is 11.7 Å². The minimum atomic E-state index is -0.508. The summed E-state index contributed by atoms with van der Waals surface area (Å²) in [5.41, 5.74) is 5.20. The predicted octanol–water partition coefficient (Wildman–Crippen LogP) is 0.704. The highest BCUT2D eigenvalue weighted by molar-refractivity contribution is 5.68. The lowest BCUT2D eigenvalue weighted by atomic mass is 10.1. The SMILES string of the molecule is CC(C)(C)OC(=O)N1C[C@H](N)[C@@H](C#N)C1. The van der Waals surface area contributed by atoms with Gasteiger partial charge in [-0.15, -0.1) is 0 Å². The van der Waals surface area contributed by atoms with Crippen LogP contribution in [0.25, 0.3) is 0 Å². The van der Waals surface area contributed by atoms with Crippen molar-refractivity contribution in [1.82, 2.24) is 4.90 Å². The van der Waals surface area contributed by atoms with E-state index in [0.717, 1.165) is 0 Å². The zero-order chi connectivity index (χ0) is 11.6. The lowest BCUT2D eigenvalue weighted by molar-refractivity contribution is 0.0289. The fourth-order valence-electron chi connectivity index (χ4n) is 1.44. The summed E-state index contributed by atoms with van der Waals surface area (Å²) in [6.07, 6.45) is -0.393. The van der Waals surface area contributed by atoms with Crippen molar-refractivity contribution in [2.24, 2.45) is 11.7 Å². The molecule has 2 N–H and O–H groups in total. The average Bonchev–Trinajstić information content (AvgIpc) is 2.43. The second-order valence-electron chi connectivity index (χ2n) is 4.78. The van der Waals surface area contributed by atoms with E-state index in [4.69, 9.17) is 15.7 Å². The standard InChI is InChI=1S/C10H17N3O2/c1-10(2,3)15-9(14)13-5-7(4-11)8(12)6-13/h7-8H,5-6,12H2,1-3H3/t7-,8-/m0/s1. The van der Waals surface area contributed by atoms with Gasteiger partial charge < -0.3 is 15.4 Å². The minimum Gasteiger partial charge on any atom is -0.444 e. The molecule has 1 aliphatic heterocycles. The van der Waals surface area contributed by atoms with Crippen LogP contribution >= 0.6 is 0 Å². The quantitative estimate of drug-likeness (QED) is 0.639. The molecule has 1 saturated heterocycles. The molecule has 0 aromatic heterocycles. The molecule has 0 aromatic carbocycles. The molecule has 1 rings (SSSR count). The number of nitriles is 1. The van der Waals surface area contributed by atoms with Gasteiger partial charge in [0.15, 0.2) is 0 Å². The molecule has 0 aromatic rings. The predicted molar refractivity (Wildman–Crippen MR) is 54.9 cm³/mol. The first-order valence-electron chi connectivity index (χ1n) is 4.96. The summed E-state index contributed by atoms with van der Waals surface area (Å²) in [5, 5.41) is 8.76.